The summed E-state index contributed by atoms with van der Waals surface area (Å²) in [6.07, 6.45) is 6.11. The molecule has 24 aromatic rings. The predicted octanol–water partition coefficient (Wildman–Crippen LogP) is 28.9. The Labute approximate surface area is 745 Å². The zero-order valence-corrected chi connectivity index (χ0v) is 71.6. The average Bonchev–Trinajstić information content (AvgIpc) is 1.59. The molecule has 0 amide bonds. The largest absolute Gasteiger partial charge is 0.488 e. The van der Waals surface area contributed by atoms with Crippen molar-refractivity contribution in [3.8, 4) is 107 Å². The number of rotatable bonds is 11. The van der Waals surface area contributed by atoms with Gasteiger partial charge in [0.2, 0.25) is 11.2 Å². The maximum atomic E-state index is 9.05. The van der Waals surface area contributed by atoms with Crippen LogP contribution in [0.15, 0.2) is 417 Å². The minimum atomic E-state index is -1.41. The first kappa shape index (κ1) is 79.1. The Bertz CT molecular complexity index is 7880. The van der Waals surface area contributed by atoms with Gasteiger partial charge in [-0.05, 0) is 125 Å². The highest BCUT2D eigenvalue weighted by Gasteiger charge is 2.22. The average molecular weight is 1750 g/mol. The van der Waals surface area contributed by atoms with Gasteiger partial charge in [0.25, 0.3) is 0 Å². The second-order valence-corrected chi connectivity index (χ2v) is 34.1. The SMILES string of the molecule is Brc1cccc2c1sc1c2ccc2cc[nH]c21.Clc1nc(-c2ccccc2)nc(-c2ccccc2)n1.OB(O)c1cccc(-c2ccccc2)c1.c1ccc(-c2cccc(-c3cccc4c3sc3c4ccc4cc[nH]c43)c2)cc1.c1ccc(-c2cccc(-c3cccc4c3sc3c4ccc4ccn(-c5nc(-c6ccccc6)nc(-c6ccccc6)n5)c43)c2)cc1. The molecule has 0 atom stereocenters. The minimum Gasteiger partial charge on any atom is -0.423 e. The highest BCUT2D eigenvalue weighted by Crippen LogP contribution is 2.47. The van der Waals surface area contributed by atoms with Gasteiger partial charge in [0.1, 0.15) is 0 Å². The molecule has 17 heteroatoms. The van der Waals surface area contributed by atoms with Crippen LogP contribution in [0, 0.1) is 0 Å². The van der Waals surface area contributed by atoms with E-state index in [0.717, 1.165) is 44.3 Å². The second-order valence-electron chi connectivity index (χ2n) is 29.9. The maximum Gasteiger partial charge on any atom is 0.488 e. The van der Waals surface area contributed by atoms with Crippen molar-refractivity contribution in [1.29, 1.82) is 0 Å². The third kappa shape index (κ3) is 16.5. The van der Waals surface area contributed by atoms with Gasteiger partial charge in [-0.25, -0.2) is 9.97 Å². The Kier molecular flexibility index (Phi) is 22.5. The number of hydrogen-bond acceptors (Lipinski definition) is 11. The lowest BCUT2D eigenvalue weighted by molar-refractivity contribution is 0.426. The van der Waals surface area contributed by atoms with Crippen LogP contribution in [0.5, 0.6) is 0 Å². The van der Waals surface area contributed by atoms with E-state index >= 15 is 0 Å². The van der Waals surface area contributed by atoms with Crippen molar-refractivity contribution in [3.63, 3.8) is 0 Å². The fourth-order valence-corrected chi connectivity index (χ4v) is 20.7. The summed E-state index contributed by atoms with van der Waals surface area (Å²) in [5.41, 5.74) is 19.9. The highest BCUT2D eigenvalue weighted by molar-refractivity contribution is 9.10. The van der Waals surface area contributed by atoms with E-state index in [1.165, 1.54) is 131 Å². The molecule has 0 aliphatic carbocycles. The molecule has 596 valence electrons. The van der Waals surface area contributed by atoms with Crippen LogP contribution < -0.4 is 5.46 Å². The monoisotopic (exact) mass is 1750 g/mol. The molecule has 0 saturated carbocycles. The quantitative estimate of drug-likeness (QED) is 0.0934. The van der Waals surface area contributed by atoms with E-state index in [1.807, 2.05) is 210 Å². The van der Waals surface area contributed by atoms with Crippen molar-refractivity contribution in [2.24, 2.45) is 0 Å². The summed E-state index contributed by atoms with van der Waals surface area (Å²) >= 11 is 15.2. The molecule has 0 aliphatic rings. The molecule has 0 saturated heterocycles. The van der Waals surface area contributed by atoms with Gasteiger partial charge < -0.3 is 20.0 Å². The first-order chi connectivity index (χ1) is 61.6. The molecule has 11 nitrogen and oxygen atoms in total. The van der Waals surface area contributed by atoms with Crippen LogP contribution >= 0.6 is 61.5 Å². The number of nitrogens with one attached hydrogen (secondary N) is 2. The lowest BCUT2D eigenvalue weighted by Crippen LogP contribution is -2.29. The van der Waals surface area contributed by atoms with E-state index in [1.54, 1.807) is 12.1 Å². The van der Waals surface area contributed by atoms with Crippen molar-refractivity contribution in [1.82, 2.24) is 44.4 Å². The van der Waals surface area contributed by atoms with Crippen molar-refractivity contribution in [3.05, 3.63) is 423 Å². The molecular weight excluding hydrogens is 1680 g/mol. The van der Waals surface area contributed by atoms with E-state index < -0.39 is 7.12 Å². The molecule has 0 bridgehead atoms. The lowest BCUT2D eigenvalue weighted by atomic mass is 9.79. The molecular formula is C108H72BBrClN9O2S3. The number of H-pyrrole nitrogens is 2. The standard InChI is InChI=1S/C41H26N4S.C26H17NS.C15H10ClN3.C14H8BrNS.C12H11BO2/c1-4-12-27(13-5-1)31-18-10-19-32(26-31)33-20-11-21-34-35-23-22-28-24-25-45(36(28)38(35)46-37(33)34)41-43-39(29-14-6-2-7-15-29)42-40(44-41)30-16-8-3-9-17-30;1-2-6-17(7-3-1)19-8-4-9-20(16-19)21-10-5-11-22-23-13-12-18-14-15-27-24(18)26(23)28-25(21)22;16-15-18-13(11-7-3-1-4-8-11)17-14(19-15)12-9-5-2-6-10-12;15-11-3-1-2-9-10-5-4-8-6-7-16-12(8)14(10)17-13(9)11;14-13(15)12-8-4-7-11(9-12)10-5-2-1-3-6-10/h1-26H;1-16,27H;1-10H;1-7,16H;1-9,14-15H. The summed E-state index contributed by atoms with van der Waals surface area (Å²) < 4.78 is 11.1. The molecule has 0 spiro atoms. The maximum absolute atomic E-state index is 9.05. The smallest absolute Gasteiger partial charge is 0.423 e. The van der Waals surface area contributed by atoms with Crippen LogP contribution in [0.3, 0.4) is 0 Å². The third-order valence-corrected chi connectivity index (χ3v) is 27.0. The molecule has 8 aromatic heterocycles. The number of fused-ring (bicyclic) bond motifs is 15. The van der Waals surface area contributed by atoms with Gasteiger partial charge in [-0.1, -0.05) is 358 Å². The van der Waals surface area contributed by atoms with Gasteiger partial charge in [-0.3, -0.25) is 4.57 Å². The van der Waals surface area contributed by atoms with Crippen molar-refractivity contribution in [2.45, 2.75) is 0 Å². The number of nitrogens with zero attached hydrogens (tertiary/aromatic N) is 7. The molecule has 8 heterocycles. The summed E-state index contributed by atoms with van der Waals surface area (Å²) in [6, 6.07) is 135. The summed E-state index contributed by atoms with van der Waals surface area (Å²) in [6.45, 7) is 0. The van der Waals surface area contributed by atoms with Crippen molar-refractivity contribution < 1.29 is 10.0 Å². The number of halogens is 2. The van der Waals surface area contributed by atoms with E-state index in [9.17, 15) is 0 Å². The summed E-state index contributed by atoms with van der Waals surface area (Å²) in [5, 5.41) is 29.8. The Hall–Kier alpha value is -14.4. The summed E-state index contributed by atoms with van der Waals surface area (Å²) in [7, 11) is -1.41. The molecule has 4 N–H and O–H groups in total. The summed E-state index contributed by atoms with van der Waals surface area (Å²) in [4.78, 5) is 34.5. The van der Waals surface area contributed by atoms with Gasteiger partial charge in [0.15, 0.2) is 23.3 Å². The molecule has 0 aliphatic heterocycles. The number of hydrogen-bond donors (Lipinski definition) is 4. The van der Waals surface area contributed by atoms with Crippen molar-refractivity contribution >= 4 is 167 Å². The summed E-state index contributed by atoms with van der Waals surface area (Å²) in [5.74, 6) is 3.06. The highest BCUT2D eigenvalue weighted by atomic mass is 79.9. The third-order valence-electron chi connectivity index (χ3n) is 22.1. The van der Waals surface area contributed by atoms with Crippen LogP contribution in [-0.2, 0) is 0 Å². The Morgan fingerprint density at radius 2 is 0.616 bits per heavy atom. The first-order valence-electron chi connectivity index (χ1n) is 40.8. The van der Waals surface area contributed by atoms with E-state index in [-0.39, 0.29) is 5.28 Å². The van der Waals surface area contributed by atoms with Crippen molar-refractivity contribution in [2.75, 3.05) is 0 Å². The Balaban J connectivity index is 0.000000106. The van der Waals surface area contributed by atoms with E-state index in [4.69, 9.17) is 36.6 Å². The molecule has 0 unspecified atom stereocenters. The molecule has 16 aromatic carbocycles. The van der Waals surface area contributed by atoms with E-state index in [2.05, 4.69) is 270 Å². The Morgan fingerprint density at radius 3 is 1.06 bits per heavy atom. The number of thiophene rings is 3. The number of aromatic nitrogens is 9. The molecule has 0 radical (unpaired) electrons. The van der Waals surface area contributed by atoms with Gasteiger partial charge >= 0.3 is 7.12 Å². The zero-order valence-electron chi connectivity index (χ0n) is 66.8. The second kappa shape index (κ2) is 35.6. The number of aromatic amines is 2. The van der Waals surface area contributed by atoms with E-state index in [0.29, 0.717) is 34.7 Å². The van der Waals surface area contributed by atoms with Crippen LogP contribution in [0.2, 0.25) is 5.28 Å². The number of benzene rings is 16. The van der Waals surface area contributed by atoms with Crippen LogP contribution in [0.25, 0.3) is 200 Å². The van der Waals surface area contributed by atoms with Crippen LogP contribution in [-0.4, -0.2) is 61.6 Å². The van der Waals surface area contributed by atoms with Gasteiger partial charge in [0, 0.05) is 108 Å². The predicted molar refractivity (Wildman–Crippen MR) is 530 cm³/mol. The first-order valence-corrected chi connectivity index (χ1v) is 44.4. The van der Waals surface area contributed by atoms with Gasteiger partial charge in [-0.2, -0.15) is 19.9 Å². The topological polar surface area (TPSA) is 154 Å². The van der Waals surface area contributed by atoms with Crippen LogP contribution in [0.4, 0.5) is 0 Å². The molecule has 24 rings (SSSR count). The fraction of sp³-hybridized carbons (Fsp3) is 0. The van der Waals surface area contributed by atoms with Gasteiger partial charge in [-0.15, -0.1) is 34.0 Å². The van der Waals surface area contributed by atoms with Gasteiger partial charge in [0.05, 0.1) is 30.6 Å². The minimum absolute atomic E-state index is 0.202. The zero-order chi connectivity index (χ0) is 84.1. The molecule has 125 heavy (non-hydrogen) atoms. The Morgan fingerprint density at radius 1 is 0.280 bits per heavy atom. The lowest BCUT2D eigenvalue weighted by Gasteiger charge is -2.10. The molecule has 0 fully saturated rings. The van der Waals surface area contributed by atoms with Crippen LogP contribution in [0.1, 0.15) is 0 Å². The fourth-order valence-electron chi connectivity index (χ4n) is 16.0. The normalized spacial score (nSPS) is 11.2.